The molecular formula is C11H10N2O2. The van der Waals surface area contributed by atoms with E-state index in [0.29, 0.717) is 11.1 Å². The van der Waals surface area contributed by atoms with Crippen molar-refractivity contribution in [3.05, 3.63) is 52.7 Å². The Labute approximate surface area is 86.2 Å². The normalized spacial score (nSPS) is 10.2. The number of nitrogens with one attached hydrogen (secondary N) is 1. The summed E-state index contributed by atoms with van der Waals surface area (Å²) in [4.78, 5) is 18.1. The first-order valence-electron chi connectivity index (χ1n) is 4.55. The maximum atomic E-state index is 11.6. The zero-order valence-corrected chi connectivity index (χ0v) is 7.97. The zero-order valence-electron chi connectivity index (χ0n) is 7.97. The number of aliphatic hydroxyl groups is 1. The summed E-state index contributed by atoms with van der Waals surface area (Å²) in [7, 11) is 0. The first-order valence-corrected chi connectivity index (χ1v) is 4.55. The van der Waals surface area contributed by atoms with Crippen molar-refractivity contribution < 1.29 is 5.11 Å². The van der Waals surface area contributed by atoms with Gasteiger partial charge in [-0.25, -0.2) is 0 Å². The summed E-state index contributed by atoms with van der Waals surface area (Å²) in [6.45, 7) is -0.151. The second kappa shape index (κ2) is 4.06. The van der Waals surface area contributed by atoms with Crippen LogP contribution in [-0.2, 0) is 6.61 Å². The van der Waals surface area contributed by atoms with E-state index in [1.165, 1.54) is 6.20 Å². The highest BCUT2D eigenvalue weighted by molar-refractivity contribution is 5.65. The van der Waals surface area contributed by atoms with Crippen LogP contribution in [0.15, 0.2) is 41.6 Å². The molecule has 0 saturated heterocycles. The third-order valence-electron chi connectivity index (χ3n) is 2.19. The van der Waals surface area contributed by atoms with E-state index in [9.17, 15) is 4.79 Å². The average Bonchev–Trinajstić information content (AvgIpc) is 2.29. The molecule has 4 heteroatoms. The Hall–Kier alpha value is -1.94. The third kappa shape index (κ3) is 1.80. The van der Waals surface area contributed by atoms with Gasteiger partial charge in [0, 0.05) is 18.6 Å². The molecule has 2 aromatic rings. The van der Waals surface area contributed by atoms with E-state index in [1.807, 2.05) is 0 Å². The molecule has 0 saturated carbocycles. The topological polar surface area (TPSA) is 66.0 Å². The summed E-state index contributed by atoms with van der Waals surface area (Å²) in [6.07, 6.45) is 4.75. The first kappa shape index (κ1) is 9.61. The number of pyridine rings is 2. The van der Waals surface area contributed by atoms with Gasteiger partial charge in [-0.15, -0.1) is 0 Å². The molecule has 0 atom stereocenters. The van der Waals surface area contributed by atoms with Gasteiger partial charge in [-0.2, -0.15) is 0 Å². The molecule has 2 aromatic heterocycles. The smallest absolute Gasteiger partial charge is 0.256 e. The van der Waals surface area contributed by atoms with Gasteiger partial charge in [0.05, 0.1) is 12.2 Å². The maximum Gasteiger partial charge on any atom is 0.256 e. The minimum atomic E-state index is -0.201. The molecule has 15 heavy (non-hydrogen) atoms. The molecule has 2 heterocycles. The van der Waals surface area contributed by atoms with Crippen molar-refractivity contribution in [3.8, 4) is 11.1 Å². The minimum Gasteiger partial charge on any atom is -0.392 e. The van der Waals surface area contributed by atoms with E-state index in [0.717, 1.165) is 5.56 Å². The molecule has 0 aliphatic carbocycles. The fourth-order valence-electron chi connectivity index (χ4n) is 1.49. The Balaban J connectivity index is 2.67. The lowest BCUT2D eigenvalue weighted by molar-refractivity contribution is 0.282. The van der Waals surface area contributed by atoms with Crippen LogP contribution in [0.25, 0.3) is 11.1 Å². The molecule has 0 fully saturated rings. The fraction of sp³-hybridized carbons (Fsp3) is 0.0909. The highest BCUT2D eigenvalue weighted by Gasteiger charge is 2.07. The Morgan fingerprint density at radius 2 is 2.00 bits per heavy atom. The van der Waals surface area contributed by atoms with Gasteiger partial charge in [0.15, 0.2) is 0 Å². The quantitative estimate of drug-likeness (QED) is 0.761. The number of aliphatic hydroxyl groups excluding tert-OH is 1. The Bertz CT molecular complexity index is 505. The molecular weight excluding hydrogens is 192 g/mol. The largest absolute Gasteiger partial charge is 0.392 e. The van der Waals surface area contributed by atoms with E-state index >= 15 is 0 Å². The summed E-state index contributed by atoms with van der Waals surface area (Å²) < 4.78 is 0. The number of aromatic nitrogens is 2. The predicted octanol–water partition coefficient (Wildman–Crippen LogP) is 0.929. The van der Waals surface area contributed by atoms with Crippen LogP contribution in [0.2, 0.25) is 0 Å². The number of hydrogen-bond acceptors (Lipinski definition) is 3. The minimum absolute atomic E-state index is 0.151. The van der Waals surface area contributed by atoms with E-state index < -0.39 is 0 Å². The average molecular weight is 202 g/mol. The van der Waals surface area contributed by atoms with Gasteiger partial charge < -0.3 is 10.1 Å². The molecule has 0 unspecified atom stereocenters. The summed E-state index contributed by atoms with van der Waals surface area (Å²) in [5.41, 5.74) is 1.68. The lowest BCUT2D eigenvalue weighted by Crippen LogP contribution is -2.11. The number of rotatable bonds is 2. The second-order valence-corrected chi connectivity index (χ2v) is 3.10. The highest BCUT2D eigenvalue weighted by atomic mass is 16.3. The monoisotopic (exact) mass is 202 g/mol. The molecule has 0 bridgehead atoms. The summed E-state index contributed by atoms with van der Waals surface area (Å²) >= 11 is 0. The maximum absolute atomic E-state index is 11.6. The van der Waals surface area contributed by atoms with Gasteiger partial charge >= 0.3 is 0 Å². The van der Waals surface area contributed by atoms with Crippen LogP contribution in [0.4, 0.5) is 0 Å². The Kier molecular flexibility index (Phi) is 2.60. The van der Waals surface area contributed by atoms with Crippen molar-refractivity contribution in [3.63, 3.8) is 0 Å². The van der Waals surface area contributed by atoms with Crippen molar-refractivity contribution in [2.24, 2.45) is 0 Å². The molecule has 76 valence electrons. The first-order chi connectivity index (χ1) is 7.33. The van der Waals surface area contributed by atoms with E-state index in [-0.39, 0.29) is 12.2 Å². The van der Waals surface area contributed by atoms with Crippen molar-refractivity contribution in [2.45, 2.75) is 6.61 Å². The van der Waals surface area contributed by atoms with Crippen molar-refractivity contribution >= 4 is 0 Å². The van der Waals surface area contributed by atoms with Crippen LogP contribution < -0.4 is 5.56 Å². The molecule has 2 N–H and O–H groups in total. The SMILES string of the molecule is O=c1[nH]ccc(CO)c1-c1ccncc1. The van der Waals surface area contributed by atoms with Crippen molar-refractivity contribution in [1.29, 1.82) is 0 Å². The second-order valence-electron chi connectivity index (χ2n) is 3.10. The van der Waals surface area contributed by atoms with Gasteiger partial charge in [-0.05, 0) is 29.3 Å². The van der Waals surface area contributed by atoms with E-state index in [2.05, 4.69) is 9.97 Å². The Morgan fingerprint density at radius 3 is 2.67 bits per heavy atom. The van der Waals surface area contributed by atoms with E-state index in [1.54, 1.807) is 30.6 Å². The van der Waals surface area contributed by atoms with Gasteiger partial charge in [-0.3, -0.25) is 9.78 Å². The van der Waals surface area contributed by atoms with Crippen LogP contribution in [0.1, 0.15) is 5.56 Å². The van der Waals surface area contributed by atoms with Crippen LogP contribution in [0, 0.1) is 0 Å². The summed E-state index contributed by atoms with van der Waals surface area (Å²) in [5, 5.41) is 9.14. The van der Waals surface area contributed by atoms with Crippen LogP contribution >= 0.6 is 0 Å². The Morgan fingerprint density at radius 1 is 1.27 bits per heavy atom. The summed E-state index contributed by atoms with van der Waals surface area (Å²) in [5.74, 6) is 0. The number of H-pyrrole nitrogens is 1. The third-order valence-corrected chi connectivity index (χ3v) is 2.19. The lowest BCUT2D eigenvalue weighted by atomic mass is 10.0. The van der Waals surface area contributed by atoms with Crippen LogP contribution in [0.3, 0.4) is 0 Å². The van der Waals surface area contributed by atoms with Crippen LogP contribution in [-0.4, -0.2) is 15.1 Å². The molecule has 2 rings (SSSR count). The number of nitrogens with zero attached hydrogens (tertiary/aromatic N) is 1. The van der Waals surface area contributed by atoms with Gasteiger partial charge in [0.1, 0.15) is 0 Å². The van der Waals surface area contributed by atoms with Crippen LogP contribution in [0.5, 0.6) is 0 Å². The fourth-order valence-corrected chi connectivity index (χ4v) is 1.49. The zero-order chi connectivity index (χ0) is 10.7. The predicted molar refractivity (Wildman–Crippen MR) is 56.2 cm³/mol. The van der Waals surface area contributed by atoms with Gasteiger partial charge in [-0.1, -0.05) is 0 Å². The molecule has 0 amide bonds. The van der Waals surface area contributed by atoms with Crippen molar-refractivity contribution in [1.82, 2.24) is 9.97 Å². The van der Waals surface area contributed by atoms with Crippen molar-refractivity contribution in [2.75, 3.05) is 0 Å². The molecule has 0 aliphatic heterocycles. The summed E-state index contributed by atoms with van der Waals surface area (Å²) in [6, 6.07) is 5.17. The molecule has 0 aromatic carbocycles. The number of aromatic amines is 1. The molecule has 0 spiro atoms. The highest BCUT2D eigenvalue weighted by Crippen LogP contribution is 2.17. The number of hydrogen-bond donors (Lipinski definition) is 2. The molecule has 0 radical (unpaired) electrons. The van der Waals surface area contributed by atoms with E-state index in [4.69, 9.17) is 5.11 Å². The lowest BCUT2D eigenvalue weighted by Gasteiger charge is -2.04. The standard InChI is InChI=1S/C11H10N2O2/c14-7-9-3-6-13-11(15)10(9)8-1-4-12-5-2-8/h1-6,14H,7H2,(H,13,15). The van der Waals surface area contributed by atoms with Gasteiger partial charge in [0.2, 0.25) is 0 Å². The molecule has 4 nitrogen and oxygen atoms in total. The molecule has 0 aliphatic rings. The van der Waals surface area contributed by atoms with Gasteiger partial charge in [0.25, 0.3) is 5.56 Å².